The molecule has 1 spiro atoms. The van der Waals surface area contributed by atoms with Crippen LogP contribution >= 0.6 is 0 Å². The third kappa shape index (κ3) is 3.90. The van der Waals surface area contributed by atoms with Crippen LogP contribution in [0.1, 0.15) is 36.0 Å². The number of hydrogen-bond donors (Lipinski definition) is 1. The van der Waals surface area contributed by atoms with Crippen LogP contribution in [0.5, 0.6) is 0 Å². The summed E-state index contributed by atoms with van der Waals surface area (Å²) in [5.74, 6) is -0.239. The average molecular weight is 371 g/mol. The molecule has 1 N–H and O–H groups in total. The van der Waals surface area contributed by atoms with E-state index in [-0.39, 0.29) is 23.1 Å². The number of piperidine rings is 1. The van der Waals surface area contributed by atoms with Crippen molar-refractivity contribution in [3.05, 3.63) is 48.3 Å². The molecule has 0 saturated carbocycles. The number of nitrogens with zero attached hydrogens (tertiary/aromatic N) is 4. The smallest absolute Gasteiger partial charge is 0.256 e. The summed E-state index contributed by atoms with van der Waals surface area (Å²) in [6.45, 7) is 1.77. The van der Waals surface area contributed by atoms with E-state index in [2.05, 4.69) is 20.3 Å². The highest BCUT2D eigenvalue weighted by molar-refractivity contribution is 5.94. The van der Waals surface area contributed by atoms with Crippen LogP contribution in [0.4, 0.5) is 10.3 Å². The predicted octanol–water partition coefficient (Wildman–Crippen LogP) is 2.28. The normalized spacial score (nSPS) is 21.8. The maximum Gasteiger partial charge on any atom is 0.256 e. The largest absolute Gasteiger partial charge is 0.375 e. The van der Waals surface area contributed by atoms with E-state index in [1.165, 1.54) is 12.3 Å². The van der Waals surface area contributed by atoms with Crippen LogP contribution < -0.4 is 5.32 Å². The number of anilines is 1. The Labute approximate surface area is 157 Å². The first-order chi connectivity index (χ1) is 13.2. The second kappa shape index (κ2) is 7.56. The minimum Gasteiger partial charge on any atom is -0.375 e. The molecule has 0 aromatic carbocycles. The Morgan fingerprint density at radius 3 is 2.78 bits per heavy atom. The second-order valence-electron chi connectivity index (χ2n) is 7.09. The SMILES string of the molecule is O=C(c1ccncc1F)N1CCC2(CC1)C[C@@H](Nc1ncccn1)CCO2. The van der Waals surface area contributed by atoms with Gasteiger partial charge in [-0.05, 0) is 37.8 Å². The molecule has 0 aliphatic carbocycles. The molecule has 1 atom stereocenters. The van der Waals surface area contributed by atoms with Crippen molar-refractivity contribution in [2.24, 2.45) is 0 Å². The number of hydrogen-bond acceptors (Lipinski definition) is 6. The Balaban J connectivity index is 1.37. The van der Waals surface area contributed by atoms with Crippen LogP contribution in [-0.4, -0.2) is 57.1 Å². The number of ether oxygens (including phenoxy) is 1. The van der Waals surface area contributed by atoms with Gasteiger partial charge in [-0.3, -0.25) is 9.78 Å². The molecule has 7 nitrogen and oxygen atoms in total. The third-order valence-electron chi connectivity index (χ3n) is 5.36. The zero-order valence-electron chi connectivity index (χ0n) is 15.0. The van der Waals surface area contributed by atoms with Gasteiger partial charge in [-0.1, -0.05) is 0 Å². The number of amides is 1. The molecule has 2 fully saturated rings. The number of pyridine rings is 1. The van der Waals surface area contributed by atoms with Crippen molar-refractivity contribution in [2.75, 3.05) is 25.0 Å². The summed E-state index contributed by atoms with van der Waals surface area (Å²) >= 11 is 0. The summed E-state index contributed by atoms with van der Waals surface area (Å²) in [6.07, 6.45) is 9.15. The van der Waals surface area contributed by atoms with Gasteiger partial charge in [-0.25, -0.2) is 14.4 Å². The van der Waals surface area contributed by atoms with Gasteiger partial charge in [0.1, 0.15) is 0 Å². The molecule has 142 valence electrons. The van der Waals surface area contributed by atoms with Crippen LogP contribution in [0.25, 0.3) is 0 Å². The summed E-state index contributed by atoms with van der Waals surface area (Å²) in [6, 6.07) is 3.45. The first-order valence-corrected chi connectivity index (χ1v) is 9.22. The number of aromatic nitrogens is 3. The van der Waals surface area contributed by atoms with Gasteiger partial charge < -0.3 is 15.0 Å². The Morgan fingerprint density at radius 1 is 1.26 bits per heavy atom. The van der Waals surface area contributed by atoms with Gasteiger partial charge in [-0.15, -0.1) is 0 Å². The zero-order chi connectivity index (χ0) is 18.7. The van der Waals surface area contributed by atoms with Crippen LogP contribution in [0.2, 0.25) is 0 Å². The maximum absolute atomic E-state index is 13.8. The summed E-state index contributed by atoms with van der Waals surface area (Å²) < 4.78 is 20.0. The number of carbonyl (C=O) groups is 1. The zero-order valence-corrected chi connectivity index (χ0v) is 15.0. The second-order valence-corrected chi connectivity index (χ2v) is 7.09. The van der Waals surface area contributed by atoms with Gasteiger partial charge in [-0.2, -0.15) is 0 Å². The van der Waals surface area contributed by atoms with Gasteiger partial charge in [0.2, 0.25) is 5.95 Å². The van der Waals surface area contributed by atoms with E-state index in [9.17, 15) is 9.18 Å². The highest BCUT2D eigenvalue weighted by atomic mass is 19.1. The van der Waals surface area contributed by atoms with Crippen LogP contribution in [0.3, 0.4) is 0 Å². The fourth-order valence-corrected chi connectivity index (χ4v) is 3.89. The molecule has 0 radical (unpaired) electrons. The lowest BCUT2D eigenvalue weighted by atomic mass is 9.82. The summed E-state index contributed by atoms with van der Waals surface area (Å²) in [5, 5.41) is 3.38. The lowest BCUT2D eigenvalue weighted by Gasteiger charge is -2.46. The molecule has 4 heterocycles. The van der Waals surface area contributed by atoms with Crippen molar-refractivity contribution in [1.82, 2.24) is 19.9 Å². The van der Waals surface area contributed by atoms with E-state index in [0.29, 0.717) is 25.6 Å². The standard InChI is InChI=1S/C19H22FN5O2/c20-16-13-21-8-2-15(16)17(26)25-9-4-19(5-10-25)12-14(3-11-27-19)24-18-22-6-1-7-23-18/h1-2,6-8,13-14H,3-5,9-12H2,(H,22,23,24)/t14-/m0/s1. The lowest BCUT2D eigenvalue weighted by Crippen LogP contribution is -2.52. The molecule has 0 bridgehead atoms. The van der Waals surface area contributed by atoms with Gasteiger partial charge in [0, 0.05) is 44.3 Å². The molecule has 1 amide bonds. The van der Waals surface area contributed by atoms with Crippen LogP contribution in [-0.2, 0) is 4.74 Å². The monoisotopic (exact) mass is 371 g/mol. The highest BCUT2D eigenvalue weighted by Gasteiger charge is 2.41. The molecule has 27 heavy (non-hydrogen) atoms. The quantitative estimate of drug-likeness (QED) is 0.892. The van der Waals surface area contributed by atoms with E-state index in [0.717, 1.165) is 31.9 Å². The molecular formula is C19H22FN5O2. The summed E-state index contributed by atoms with van der Waals surface area (Å²) in [7, 11) is 0. The van der Waals surface area contributed by atoms with E-state index >= 15 is 0 Å². The number of likely N-dealkylation sites (tertiary alicyclic amines) is 1. The number of rotatable bonds is 3. The first-order valence-electron chi connectivity index (χ1n) is 9.22. The lowest BCUT2D eigenvalue weighted by molar-refractivity contribution is -0.110. The Kier molecular flexibility index (Phi) is 4.98. The topological polar surface area (TPSA) is 80.2 Å². The maximum atomic E-state index is 13.8. The van der Waals surface area contributed by atoms with E-state index in [1.807, 2.05) is 0 Å². The first kappa shape index (κ1) is 17.8. The van der Waals surface area contributed by atoms with Crippen LogP contribution in [0.15, 0.2) is 36.9 Å². The van der Waals surface area contributed by atoms with Crippen molar-refractivity contribution in [1.29, 1.82) is 0 Å². The fraction of sp³-hybridized carbons (Fsp3) is 0.474. The summed E-state index contributed by atoms with van der Waals surface area (Å²) in [5.41, 5.74) is -0.176. The average Bonchev–Trinajstić information content (AvgIpc) is 2.69. The minimum absolute atomic E-state index is 0.0753. The van der Waals surface area contributed by atoms with E-state index in [1.54, 1.807) is 23.4 Å². The Bertz CT molecular complexity index is 796. The molecule has 0 unspecified atom stereocenters. The Hall–Kier alpha value is -2.61. The third-order valence-corrected chi connectivity index (χ3v) is 5.36. The van der Waals surface area contributed by atoms with Crippen molar-refractivity contribution >= 4 is 11.9 Å². The molecule has 2 aliphatic heterocycles. The minimum atomic E-state index is -0.580. The van der Waals surface area contributed by atoms with Gasteiger partial charge in [0.05, 0.1) is 17.4 Å². The number of halogens is 1. The number of nitrogens with one attached hydrogen (secondary N) is 1. The molecule has 2 saturated heterocycles. The van der Waals surface area contributed by atoms with Crippen molar-refractivity contribution in [2.45, 2.75) is 37.3 Å². The molecule has 8 heteroatoms. The van der Waals surface area contributed by atoms with Gasteiger partial charge >= 0.3 is 0 Å². The van der Waals surface area contributed by atoms with Crippen molar-refractivity contribution in [3.8, 4) is 0 Å². The molecule has 4 rings (SSSR count). The number of carbonyl (C=O) groups excluding carboxylic acids is 1. The fourth-order valence-electron chi connectivity index (χ4n) is 3.89. The molecular weight excluding hydrogens is 349 g/mol. The van der Waals surface area contributed by atoms with Crippen molar-refractivity contribution in [3.63, 3.8) is 0 Å². The summed E-state index contributed by atoms with van der Waals surface area (Å²) in [4.78, 5) is 26.4. The highest BCUT2D eigenvalue weighted by Crippen LogP contribution is 2.36. The van der Waals surface area contributed by atoms with Gasteiger partial charge in [0.15, 0.2) is 5.82 Å². The van der Waals surface area contributed by atoms with Crippen molar-refractivity contribution < 1.29 is 13.9 Å². The predicted molar refractivity (Wildman–Crippen MR) is 96.7 cm³/mol. The molecule has 2 aromatic rings. The Morgan fingerprint density at radius 2 is 2.04 bits per heavy atom. The van der Waals surface area contributed by atoms with Crippen LogP contribution in [0, 0.1) is 5.82 Å². The van der Waals surface area contributed by atoms with E-state index in [4.69, 9.17) is 4.74 Å². The van der Waals surface area contributed by atoms with Gasteiger partial charge in [0.25, 0.3) is 5.91 Å². The molecule has 2 aliphatic rings. The van der Waals surface area contributed by atoms with E-state index < -0.39 is 5.82 Å². The molecule has 2 aromatic heterocycles.